The van der Waals surface area contributed by atoms with E-state index in [-0.39, 0.29) is 12.5 Å². The molecule has 0 unspecified atom stereocenters. The summed E-state index contributed by atoms with van der Waals surface area (Å²) in [5, 5.41) is 2.63. The van der Waals surface area contributed by atoms with E-state index in [4.69, 9.17) is 0 Å². The molecule has 9 heavy (non-hydrogen) atoms. The zero-order valence-electron chi connectivity index (χ0n) is 5.55. The summed E-state index contributed by atoms with van der Waals surface area (Å²) in [4.78, 5) is 21.5. The molecule has 0 saturated carbocycles. The second kappa shape index (κ2) is 4.03. The van der Waals surface area contributed by atoms with Crippen LogP contribution < -0.4 is 5.32 Å². The van der Waals surface area contributed by atoms with E-state index in [2.05, 4.69) is 5.32 Å². The molecule has 0 saturated heterocycles. The van der Waals surface area contributed by atoms with Crippen molar-refractivity contribution in [3.8, 4) is 0 Å². The quantitative estimate of drug-likeness (QED) is 0.489. The Balaban J connectivity index is 3.58. The van der Waals surface area contributed by atoms with Crippen LogP contribution in [0.25, 0.3) is 0 Å². The number of imide groups is 1. The Labute approximate surface area is 53.8 Å². The average Bonchev–Trinajstić information content (AvgIpc) is 1.87. The number of likely N-dealkylation sites (N-methyl/N-ethyl adjacent to an activating group) is 2. The zero-order valence-corrected chi connectivity index (χ0v) is 5.55. The Morgan fingerprint density at radius 1 is 1.78 bits per heavy atom. The van der Waals surface area contributed by atoms with Gasteiger partial charge in [-0.25, -0.2) is 0 Å². The topological polar surface area (TPSA) is 49.4 Å². The van der Waals surface area contributed by atoms with Crippen molar-refractivity contribution in [2.45, 2.75) is 0 Å². The van der Waals surface area contributed by atoms with Crippen molar-refractivity contribution in [3.05, 3.63) is 0 Å². The fourth-order valence-electron chi connectivity index (χ4n) is 0.335. The third-order valence-corrected chi connectivity index (χ3v) is 0.880. The van der Waals surface area contributed by atoms with Crippen LogP contribution in [-0.4, -0.2) is 37.9 Å². The van der Waals surface area contributed by atoms with Gasteiger partial charge in [0.05, 0.1) is 6.54 Å². The van der Waals surface area contributed by atoms with Gasteiger partial charge in [-0.3, -0.25) is 14.5 Å². The molecule has 0 radical (unpaired) electrons. The van der Waals surface area contributed by atoms with Gasteiger partial charge in [0.1, 0.15) is 0 Å². The van der Waals surface area contributed by atoms with Gasteiger partial charge < -0.3 is 5.32 Å². The van der Waals surface area contributed by atoms with Crippen molar-refractivity contribution in [3.63, 3.8) is 0 Å². The predicted molar refractivity (Wildman–Crippen MR) is 32.8 cm³/mol. The molecule has 0 fully saturated rings. The molecule has 0 aliphatic heterocycles. The molecule has 0 aliphatic rings. The number of carbonyl (C=O) groups excluding carboxylic acids is 2. The van der Waals surface area contributed by atoms with Crippen molar-refractivity contribution in [2.24, 2.45) is 0 Å². The van der Waals surface area contributed by atoms with Crippen molar-refractivity contribution in [1.82, 2.24) is 10.2 Å². The second-order valence-corrected chi connectivity index (χ2v) is 1.64. The van der Waals surface area contributed by atoms with Crippen LogP contribution in [0.4, 0.5) is 0 Å². The minimum absolute atomic E-state index is 0.204. The molecular formula is C5H10N2O2. The molecule has 2 amide bonds. The standard InChI is InChI=1S/C5H10N2O2/c1-6-3-5(9)7(2)4-8/h4,6H,3H2,1-2H3. The molecule has 1 N–H and O–H groups in total. The van der Waals surface area contributed by atoms with Crippen LogP contribution in [-0.2, 0) is 9.59 Å². The first-order valence-corrected chi connectivity index (χ1v) is 2.58. The summed E-state index contributed by atoms with van der Waals surface area (Å²) in [6.07, 6.45) is 0.486. The molecule has 0 spiro atoms. The molecule has 4 nitrogen and oxygen atoms in total. The van der Waals surface area contributed by atoms with Gasteiger partial charge >= 0.3 is 0 Å². The fourth-order valence-corrected chi connectivity index (χ4v) is 0.335. The molecule has 0 aromatic rings. The molecule has 0 aliphatic carbocycles. The summed E-state index contributed by atoms with van der Waals surface area (Å²) >= 11 is 0. The van der Waals surface area contributed by atoms with E-state index >= 15 is 0 Å². The summed E-state index contributed by atoms with van der Waals surface area (Å²) in [5.74, 6) is -0.229. The van der Waals surface area contributed by atoms with E-state index in [1.807, 2.05) is 0 Å². The minimum Gasteiger partial charge on any atom is -0.311 e. The van der Waals surface area contributed by atoms with E-state index in [0.717, 1.165) is 4.90 Å². The summed E-state index contributed by atoms with van der Waals surface area (Å²) in [6.45, 7) is 0.204. The van der Waals surface area contributed by atoms with Gasteiger partial charge in [-0.1, -0.05) is 0 Å². The molecule has 0 atom stereocenters. The van der Waals surface area contributed by atoms with Crippen LogP contribution in [0.5, 0.6) is 0 Å². The van der Waals surface area contributed by atoms with Crippen LogP contribution in [0, 0.1) is 0 Å². The normalized spacial score (nSPS) is 8.67. The Bertz CT molecular complexity index is 114. The second-order valence-electron chi connectivity index (χ2n) is 1.64. The fraction of sp³-hybridized carbons (Fsp3) is 0.600. The summed E-state index contributed by atoms with van der Waals surface area (Å²) < 4.78 is 0. The Kier molecular flexibility index (Phi) is 3.62. The number of hydrogen-bond acceptors (Lipinski definition) is 3. The van der Waals surface area contributed by atoms with Crippen molar-refractivity contribution < 1.29 is 9.59 Å². The minimum atomic E-state index is -0.229. The lowest BCUT2D eigenvalue weighted by atomic mass is 10.5. The SMILES string of the molecule is CNCC(=O)N(C)C=O. The first kappa shape index (κ1) is 8.10. The third-order valence-electron chi connectivity index (χ3n) is 0.880. The molecule has 0 heterocycles. The highest BCUT2D eigenvalue weighted by Gasteiger charge is 2.02. The van der Waals surface area contributed by atoms with Crippen molar-refractivity contribution in [2.75, 3.05) is 20.6 Å². The first-order chi connectivity index (χ1) is 4.22. The Hall–Kier alpha value is -0.900. The zero-order chi connectivity index (χ0) is 7.28. The molecule has 52 valence electrons. The lowest BCUT2D eigenvalue weighted by Gasteiger charge is -2.06. The number of amides is 2. The monoisotopic (exact) mass is 130 g/mol. The van der Waals surface area contributed by atoms with Gasteiger partial charge in [0.15, 0.2) is 0 Å². The summed E-state index contributed by atoms with van der Waals surface area (Å²) in [5.41, 5.74) is 0. The van der Waals surface area contributed by atoms with E-state index in [1.165, 1.54) is 7.05 Å². The summed E-state index contributed by atoms with van der Waals surface area (Å²) in [6, 6.07) is 0. The van der Waals surface area contributed by atoms with Crippen LogP contribution >= 0.6 is 0 Å². The maximum Gasteiger partial charge on any atom is 0.242 e. The van der Waals surface area contributed by atoms with Crippen LogP contribution in [0.15, 0.2) is 0 Å². The maximum absolute atomic E-state index is 10.6. The van der Waals surface area contributed by atoms with E-state index in [9.17, 15) is 9.59 Å². The lowest BCUT2D eigenvalue weighted by Crippen LogP contribution is -2.32. The predicted octanol–water partition coefficient (Wildman–Crippen LogP) is -1.18. The number of hydrogen-bond donors (Lipinski definition) is 1. The number of nitrogens with zero attached hydrogens (tertiary/aromatic N) is 1. The van der Waals surface area contributed by atoms with Crippen LogP contribution in [0.3, 0.4) is 0 Å². The average molecular weight is 130 g/mol. The van der Waals surface area contributed by atoms with E-state index < -0.39 is 0 Å². The van der Waals surface area contributed by atoms with Gasteiger partial charge in [0, 0.05) is 7.05 Å². The highest BCUT2D eigenvalue weighted by atomic mass is 16.2. The lowest BCUT2D eigenvalue weighted by molar-refractivity contribution is -0.135. The van der Waals surface area contributed by atoms with Crippen molar-refractivity contribution >= 4 is 12.3 Å². The van der Waals surface area contributed by atoms with E-state index in [1.54, 1.807) is 7.05 Å². The first-order valence-electron chi connectivity index (χ1n) is 2.58. The highest BCUT2D eigenvalue weighted by Crippen LogP contribution is 1.74. The molecule has 4 heteroatoms. The van der Waals surface area contributed by atoms with Gasteiger partial charge in [0.2, 0.25) is 12.3 Å². The Morgan fingerprint density at radius 3 is 2.67 bits per heavy atom. The molecule has 0 rings (SSSR count). The van der Waals surface area contributed by atoms with Crippen LogP contribution in [0.1, 0.15) is 0 Å². The number of carbonyl (C=O) groups is 2. The van der Waals surface area contributed by atoms with Crippen LogP contribution in [0.2, 0.25) is 0 Å². The van der Waals surface area contributed by atoms with Gasteiger partial charge in [0.25, 0.3) is 0 Å². The van der Waals surface area contributed by atoms with E-state index in [0.29, 0.717) is 6.41 Å². The smallest absolute Gasteiger partial charge is 0.242 e. The molecular weight excluding hydrogens is 120 g/mol. The third kappa shape index (κ3) is 2.81. The summed E-state index contributed by atoms with van der Waals surface area (Å²) in [7, 11) is 3.07. The van der Waals surface area contributed by atoms with Crippen molar-refractivity contribution in [1.29, 1.82) is 0 Å². The van der Waals surface area contributed by atoms with Gasteiger partial charge in [-0.05, 0) is 7.05 Å². The molecule has 0 aromatic carbocycles. The van der Waals surface area contributed by atoms with Gasteiger partial charge in [-0.2, -0.15) is 0 Å². The number of nitrogens with one attached hydrogen (secondary N) is 1. The highest BCUT2D eigenvalue weighted by molar-refractivity contribution is 5.87. The number of rotatable bonds is 3. The molecule has 0 bridgehead atoms. The molecule has 0 aromatic heterocycles. The maximum atomic E-state index is 10.6. The Morgan fingerprint density at radius 2 is 2.33 bits per heavy atom. The largest absolute Gasteiger partial charge is 0.311 e. The van der Waals surface area contributed by atoms with Gasteiger partial charge in [-0.15, -0.1) is 0 Å².